The number of hydrogen-bond acceptors (Lipinski definition) is 2. The first-order chi connectivity index (χ1) is 11.6. The molecular formula is C20H24N2O2. The van der Waals surface area contributed by atoms with Crippen LogP contribution in [0.15, 0.2) is 60.7 Å². The van der Waals surface area contributed by atoms with Crippen molar-refractivity contribution in [3.05, 3.63) is 66.2 Å². The van der Waals surface area contributed by atoms with Crippen LogP contribution in [0.25, 0.3) is 0 Å². The molecule has 0 unspecified atom stereocenters. The SMILES string of the molecule is CC(C)CC(=O)NCCN(C(=O)c1ccccc1)c1ccccc1. The van der Waals surface area contributed by atoms with Crippen LogP contribution in [0, 0.1) is 5.92 Å². The van der Waals surface area contributed by atoms with E-state index in [1.807, 2.05) is 62.4 Å². The minimum Gasteiger partial charge on any atom is -0.354 e. The Morgan fingerprint density at radius 3 is 2.12 bits per heavy atom. The molecule has 0 saturated heterocycles. The van der Waals surface area contributed by atoms with Crippen molar-refractivity contribution in [3.63, 3.8) is 0 Å². The lowest BCUT2D eigenvalue weighted by molar-refractivity contribution is -0.121. The summed E-state index contributed by atoms with van der Waals surface area (Å²) in [5, 5.41) is 2.89. The number of nitrogens with one attached hydrogen (secondary N) is 1. The first-order valence-corrected chi connectivity index (χ1v) is 8.26. The van der Waals surface area contributed by atoms with Gasteiger partial charge in [-0.1, -0.05) is 50.2 Å². The van der Waals surface area contributed by atoms with Crippen molar-refractivity contribution < 1.29 is 9.59 Å². The van der Waals surface area contributed by atoms with Gasteiger partial charge in [0.25, 0.3) is 5.91 Å². The Morgan fingerprint density at radius 1 is 0.958 bits per heavy atom. The van der Waals surface area contributed by atoms with E-state index in [1.165, 1.54) is 0 Å². The summed E-state index contributed by atoms with van der Waals surface area (Å²) < 4.78 is 0. The molecule has 4 heteroatoms. The second-order valence-electron chi connectivity index (χ2n) is 6.11. The summed E-state index contributed by atoms with van der Waals surface area (Å²) >= 11 is 0. The maximum Gasteiger partial charge on any atom is 0.258 e. The van der Waals surface area contributed by atoms with Gasteiger partial charge in [0, 0.05) is 30.8 Å². The fourth-order valence-electron chi connectivity index (χ4n) is 2.44. The van der Waals surface area contributed by atoms with E-state index >= 15 is 0 Å². The van der Waals surface area contributed by atoms with E-state index in [-0.39, 0.29) is 11.8 Å². The van der Waals surface area contributed by atoms with Gasteiger partial charge in [0.05, 0.1) is 0 Å². The van der Waals surface area contributed by atoms with Crippen LogP contribution in [0.5, 0.6) is 0 Å². The molecule has 2 aromatic rings. The van der Waals surface area contributed by atoms with Crippen LogP contribution < -0.4 is 10.2 Å². The summed E-state index contributed by atoms with van der Waals surface area (Å²) in [5.41, 5.74) is 1.46. The second-order valence-corrected chi connectivity index (χ2v) is 6.11. The van der Waals surface area contributed by atoms with Crippen LogP contribution in [0.1, 0.15) is 30.6 Å². The number of carbonyl (C=O) groups excluding carboxylic acids is 2. The van der Waals surface area contributed by atoms with Gasteiger partial charge in [-0.15, -0.1) is 0 Å². The minimum atomic E-state index is -0.0695. The average Bonchev–Trinajstić information content (AvgIpc) is 2.59. The van der Waals surface area contributed by atoms with E-state index in [9.17, 15) is 9.59 Å². The number of benzene rings is 2. The smallest absolute Gasteiger partial charge is 0.258 e. The third-order valence-electron chi connectivity index (χ3n) is 3.58. The standard InChI is InChI=1S/C20H24N2O2/c1-16(2)15-19(23)21-13-14-22(18-11-7-4-8-12-18)20(24)17-9-5-3-6-10-17/h3-12,16H,13-15H2,1-2H3,(H,21,23). The highest BCUT2D eigenvalue weighted by Crippen LogP contribution is 2.16. The Morgan fingerprint density at radius 2 is 1.54 bits per heavy atom. The fourth-order valence-corrected chi connectivity index (χ4v) is 2.44. The lowest BCUT2D eigenvalue weighted by atomic mass is 10.1. The summed E-state index contributed by atoms with van der Waals surface area (Å²) in [5.74, 6) is 0.270. The number of carbonyl (C=O) groups is 2. The zero-order valence-electron chi connectivity index (χ0n) is 14.2. The minimum absolute atomic E-state index is 0.0187. The molecule has 0 fully saturated rings. The normalized spacial score (nSPS) is 10.5. The summed E-state index contributed by atoms with van der Waals surface area (Å²) in [6, 6.07) is 18.7. The maximum atomic E-state index is 12.8. The van der Waals surface area contributed by atoms with Crippen molar-refractivity contribution in [2.45, 2.75) is 20.3 Å². The molecule has 2 amide bonds. The Bertz CT molecular complexity index is 654. The molecule has 0 aromatic heterocycles. The summed E-state index contributed by atoms with van der Waals surface area (Å²) in [6.45, 7) is 4.88. The second kappa shape index (κ2) is 8.87. The molecule has 4 nitrogen and oxygen atoms in total. The molecule has 2 aromatic carbocycles. The molecule has 0 saturated carbocycles. The van der Waals surface area contributed by atoms with Crippen LogP contribution in [0.2, 0.25) is 0 Å². The zero-order valence-corrected chi connectivity index (χ0v) is 14.2. The van der Waals surface area contributed by atoms with Gasteiger partial charge in [0.1, 0.15) is 0 Å². The van der Waals surface area contributed by atoms with Gasteiger partial charge in [-0.25, -0.2) is 0 Å². The molecule has 0 spiro atoms. The third-order valence-corrected chi connectivity index (χ3v) is 3.58. The van der Waals surface area contributed by atoms with Crippen molar-refractivity contribution >= 4 is 17.5 Å². The Labute approximate surface area is 143 Å². The van der Waals surface area contributed by atoms with Crippen molar-refractivity contribution in [3.8, 4) is 0 Å². The van der Waals surface area contributed by atoms with E-state index in [0.717, 1.165) is 5.69 Å². The highest BCUT2D eigenvalue weighted by Gasteiger charge is 2.17. The molecule has 0 atom stereocenters. The van der Waals surface area contributed by atoms with E-state index in [0.29, 0.717) is 31.0 Å². The maximum absolute atomic E-state index is 12.8. The van der Waals surface area contributed by atoms with Crippen LogP contribution in [-0.2, 0) is 4.79 Å². The first kappa shape index (κ1) is 17.7. The lowest BCUT2D eigenvalue weighted by Crippen LogP contribution is -2.39. The van der Waals surface area contributed by atoms with Crippen LogP contribution >= 0.6 is 0 Å². The van der Waals surface area contributed by atoms with Crippen molar-refractivity contribution in [2.75, 3.05) is 18.0 Å². The molecule has 0 bridgehead atoms. The highest BCUT2D eigenvalue weighted by molar-refractivity contribution is 6.06. The number of amides is 2. The van der Waals surface area contributed by atoms with Crippen LogP contribution in [0.3, 0.4) is 0 Å². The Kier molecular flexibility index (Phi) is 6.55. The largest absolute Gasteiger partial charge is 0.354 e. The third kappa shape index (κ3) is 5.23. The number of nitrogens with zero attached hydrogens (tertiary/aromatic N) is 1. The van der Waals surface area contributed by atoms with Crippen LogP contribution in [-0.4, -0.2) is 24.9 Å². The lowest BCUT2D eigenvalue weighted by Gasteiger charge is -2.23. The summed E-state index contributed by atoms with van der Waals surface area (Å²) in [7, 11) is 0. The van der Waals surface area contributed by atoms with Crippen molar-refractivity contribution in [1.29, 1.82) is 0 Å². The monoisotopic (exact) mass is 324 g/mol. The van der Waals surface area contributed by atoms with Gasteiger partial charge < -0.3 is 10.2 Å². The quantitative estimate of drug-likeness (QED) is 0.847. The number of anilines is 1. The molecule has 24 heavy (non-hydrogen) atoms. The number of rotatable bonds is 7. The molecule has 0 aliphatic carbocycles. The van der Waals surface area contributed by atoms with Gasteiger partial charge in [-0.2, -0.15) is 0 Å². The van der Waals surface area contributed by atoms with Crippen molar-refractivity contribution in [1.82, 2.24) is 5.32 Å². The first-order valence-electron chi connectivity index (χ1n) is 8.26. The molecule has 0 aliphatic rings. The van der Waals surface area contributed by atoms with E-state index in [1.54, 1.807) is 17.0 Å². The van der Waals surface area contributed by atoms with E-state index in [2.05, 4.69) is 5.32 Å². The van der Waals surface area contributed by atoms with Gasteiger partial charge >= 0.3 is 0 Å². The predicted molar refractivity (Wildman–Crippen MR) is 97.0 cm³/mol. The molecular weight excluding hydrogens is 300 g/mol. The highest BCUT2D eigenvalue weighted by atomic mass is 16.2. The predicted octanol–water partition coefficient (Wildman–Crippen LogP) is 3.50. The number of hydrogen-bond donors (Lipinski definition) is 1. The topological polar surface area (TPSA) is 49.4 Å². The van der Waals surface area contributed by atoms with Gasteiger partial charge in [-0.3, -0.25) is 9.59 Å². The van der Waals surface area contributed by atoms with Crippen molar-refractivity contribution in [2.24, 2.45) is 5.92 Å². The van der Waals surface area contributed by atoms with Gasteiger partial charge in [0.2, 0.25) is 5.91 Å². The summed E-state index contributed by atoms with van der Waals surface area (Å²) in [4.78, 5) is 26.3. The van der Waals surface area contributed by atoms with Gasteiger partial charge in [0.15, 0.2) is 0 Å². The molecule has 0 aliphatic heterocycles. The van der Waals surface area contributed by atoms with E-state index in [4.69, 9.17) is 0 Å². The Hall–Kier alpha value is -2.62. The average molecular weight is 324 g/mol. The Balaban J connectivity index is 2.07. The van der Waals surface area contributed by atoms with Crippen LogP contribution in [0.4, 0.5) is 5.69 Å². The van der Waals surface area contributed by atoms with Gasteiger partial charge in [-0.05, 0) is 30.2 Å². The number of para-hydroxylation sites is 1. The molecule has 126 valence electrons. The zero-order chi connectivity index (χ0) is 17.4. The molecule has 2 rings (SSSR count). The summed E-state index contributed by atoms with van der Waals surface area (Å²) in [6.07, 6.45) is 0.498. The molecule has 0 heterocycles. The molecule has 1 N–H and O–H groups in total. The molecule has 0 radical (unpaired) electrons. The fraction of sp³-hybridized carbons (Fsp3) is 0.300. The van der Waals surface area contributed by atoms with E-state index < -0.39 is 0 Å².